The number of rotatable bonds is 5. The second kappa shape index (κ2) is 7.69. The summed E-state index contributed by atoms with van der Waals surface area (Å²) in [6.45, 7) is 1.96. The quantitative estimate of drug-likeness (QED) is 0.828. The van der Waals surface area contributed by atoms with Gasteiger partial charge >= 0.3 is 0 Å². The van der Waals surface area contributed by atoms with E-state index in [1.807, 2.05) is 6.07 Å². The first-order valence-corrected chi connectivity index (χ1v) is 11.0. The van der Waals surface area contributed by atoms with Crippen LogP contribution in [0, 0.1) is 0 Å². The second-order valence-electron chi connectivity index (χ2n) is 7.36. The average Bonchev–Trinajstić information content (AvgIpc) is 3.39. The van der Waals surface area contributed by atoms with Crippen molar-refractivity contribution in [3.8, 4) is 0 Å². The SMILES string of the molecule is COC[C@H]1CCCN1S(=O)(=O)c1ccc2c(c1)CN(C(=O)c1ccc[nH]1)CC2. The zero-order valence-electron chi connectivity index (χ0n) is 15.9. The minimum atomic E-state index is -3.58. The van der Waals surface area contributed by atoms with Crippen LogP contribution in [0.5, 0.6) is 0 Å². The number of carbonyl (C=O) groups is 1. The number of carbonyl (C=O) groups excluding carboxylic acids is 1. The molecule has 1 N–H and O–H groups in total. The topological polar surface area (TPSA) is 82.7 Å². The highest BCUT2D eigenvalue weighted by Crippen LogP contribution is 2.29. The Labute approximate surface area is 165 Å². The highest BCUT2D eigenvalue weighted by Gasteiger charge is 2.35. The standard InChI is InChI=1S/C20H25N3O4S/c1-27-14-17-4-3-10-23(17)28(25,26)18-7-6-15-8-11-22(13-16(15)12-18)20(24)19-5-2-9-21-19/h2,5-7,9,12,17,21H,3-4,8,10-11,13-14H2,1H3/t17-/m1/s1. The molecule has 7 nitrogen and oxygen atoms in total. The van der Waals surface area contributed by atoms with Gasteiger partial charge in [-0.3, -0.25) is 4.79 Å². The normalized spacial score (nSPS) is 20.3. The molecule has 150 valence electrons. The summed E-state index contributed by atoms with van der Waals surface area (Å²) < 4.78 is 33.1. The van der Waals surface area contributed by atoms with Crippen LogP contribution in [0.2, 0.25) is 0 Å². The van der Waals surface area contributed by atoms with E-state index in [1.165, 1.54) is 0 Å². The Morgan fingerprint density at radius 3 is 2.86 bits per heavy atom. The van der Waals surface area contributed by atoms with Crippen molar-refractivity contribution in [1.29, 1.82) is 0 Å². The number of amides is 1. The van der Waals surface area contributed by atoms with Crippen molar-refractivity contribution in [2.45, 2.75) is 36.7 Å². The fourth-order valence-electron chi connectivity index (χ4n) is 4.12. The van der Waals surface area contributed by atoms with Gasteiger partial charge in [-0.05, 0) is 54.7 Å². The van der Waals surface area contributed by atoms with Crippen molar-refractivity contribution < 1.29 is 17.9 Å². The Bertz CT molecular complexity index is 956. The molecule has 2 aliphatic rings. The van der Waals surface area contributed by atoms with Crippen LogP contribution >= 0.6 is 0 Å². The summed E-state index contributed by atoms with van der Waals surface area (Å²) in [7, 11) is -1.99. The number of fused-ring (bicyclic) bond motifs is 1. The molecule has 8 heteroatoms. The lowest BCUT2D eigenvalue weighted by Gasteiger charge is -2.29. The van der Waals surface area contributed by atoms with Crippen molar-refractivity contribution in [1.82, 2.24) is 14.2 Å². The molecular formula is C20H25N3O4S. The van der Waals surface area contributed by atoms with Crippen LogP contribution in [-0.4, -0.2) is 61.4 Å². The van der Waals surface area contributed by atoms with Crippen molar-refractivity contribution in [3.63, 3.8) is 0 Å². The molecular weight excluding hydrogens is 378 g/mol. The molecule has 28 heavy (non-hydrogen) atoms. The number of aromatic nitrogens is 1. The molecule has 2 aromatic rings. The lowest BCUT2D eigenvalue weighted by atomic mass is 9.99. The zero-order valence-corrected chi connectivity index (χ0v) is 16.7. The number of H-pyrrole nitrogens is 1. The molecule has 1 atom stereocenters. The number of hydrogen-bond donors (Lipinski definition) is 1. The highest BCUT2D eigenvalue weighted by atomic mass is 32.2. The number of nitrogens with one attached hydrogen (secondary N) is 1. The molecule has 1 fully saturated rings. The number of nitrogens with zero attached hydrogens (tertiary/aromatic N) is 2. The Morgan fingerprint density at radius 2 is 2.11 bits per heavy atom. The predicted octanol–water partition coefficient (Wildman–Crippen LogP) is 2.01. The third-order valence-corrected chi connectivity index (χ3v) is 7.54. The second-order valence-corrected chi connectivity index (χ2v) is 9.25. The summed E-state index contributed by atoms with van der Waals surface area (Å²) in [5.74, 6) is -0.0661. The van der Waals surface area contributed by atoms with Gasteiger partial charge in [-0.2, -0.15) is 4.31 Å². The zero-order chi connectivity index (χ0) is 19.7. The van der Waals surface area contributed by atoms with Crippen LogP contribution in [0.4, 0.5) is 0 Å². The molecule has 1 aromatic carbocycles. The summed E-state index contributed by atoms with van der Waals surface area (Å²) in [6.07, 6.45) is 4.10. The summed E-state index contributed by atoms with van der Waals surface area (Å²) >= 11 is 0. The Hall–Kier alpha value is -2.16. The van der Waals surface area contributed by atoms with Gasteiger partial charge in [0.05, 0.1) is 11.5 Å². The van der Waals surface area contributed by atoms with Gasteiger partial charge in [0.15, 0.2) is 0 Å². The first-order chi connectivity index (χ1) is 13.5. The monoisotopic (exact) mass is 403 g/mol. The summed E-state index contributed by atoms with van der Waals surface area (Å²) in [4.78, 5) is 17.6. The van der Waals surface area contributed by atoms with Gasteiger partial charge in [0.1, 0.15) is 5.69 Å². The van der Waals surface area contributed by atoms with Crippen molar-refractivity contribution in [2.24, 2.45) is 0 Å². The summed E-state index contributed by atoms with van der Waals surface area (Å²) in [6, 6.07) is 8.75. The molecule has 0 bridgehead atoms. The first kappa shape index (κ1) is 19.2. The van der Waals surface area contributed by atoms with E-state index in [0.29, 0.717) is 36.8 Å². The number of ether oxygens (including phenoxy) is 1. The van der Waals surface area contributed by atoms with E-state index in [0.717, 1.165) is 30.4 Å². The van der Waals surface area contributed by atoms with Crippen LogP contribution in [0.3, 0.4) is 0 Å². The maximum absolute atomic E-state index is 13.2. The Balaban J connectivity index is 1.59. The van der Waals surface area contributed by atoms with Crippen LogP contribution in [-0.2, 0) is 27.7 Å². The Kier molecular flexibility index (Phi) is 5.27. The van der Waals surface area contributed by atoms with Crippen LogP contribution < -0.4 is 0 Å². The molecule has 2 aliphatic heterocycles. The maximum atomic E-state index is 13.2. The van der Waals surface area contributed by atoms with E-state index < -0.39 is 10.0 Å². The van der Waals surface area contributed by atoms with Crippen LogP contribution in [0.1, 0.15) is 34.5 Å². The summed E-state index contributed by atoms with van der Waals surface area (Å²) in [5.41, 5.74) is 2.55. The first-order valence-electron chi connectivity index (χ1n) is 9.56. The third kappa shape index (κ3) is 3.47. The van der Waals surface area contributed by atoms with Gasteiger partial charge in [-0.25, -0.2) is 8.42 Å². The predicted molar refractivity (Wildman–Crippen MR) is 104 cm³/mol. The van der Waals surface area contributed by atoms with E-state index in [2.05, 4.69) is 4.98 Å². The van der Waals surface area contributed by atoms with Crippen molar-refractivity contribution in [3.05, 3.63) is 53.3 Å². The summed E-state index contributed by atoms with van der Waals surface area (Å²) in [5, 5.41) is 0. The molecule has 0 unspecified atom stereocenters. The fourth-order valence-corrected chi connectivity index (χ4v) is 5.85. The third-order valence-electron chi connectivity index (χ3n) is 5.59. The molecule has 0 saturated carbocycles. The molecule has 1 saturated heterocycles. The molecule has 0 spiro atoms. The molecule has 4 rings (SSSR count). The molecule has 0 radical (unpaired) electrons. The minimum absolute atomic E-state index is 0.0661. The van der Waals surface area contributed by atoms with Crippen LogP contribution in [0.25, 0.3) is 0 Å². The van der Waals surface area contributed by atoms with Gasteiger partial charge in [0.2, 0.25) is 10.0 Å². The minimum Gasteiger partial charge on any atom is -0.383 e. The number of sulfonamides is 1. The number of methoxy groups -OCH3 is 1. The van der Waals surface area contributed by atoms with Crippen molar-refractivity contribution >= 4 is 15.9 Å². The van der Waals surface area contributed by atoms with Gasteiger partial charge in [-0.15, -0.1) is 0 Å². The van der Waals surface area contributed by atoms with E-state index in [4.69, 9.17) is 4.74 Å². The highest BCUT2D eigenvalue weighted by molar-refractivity contribution is 7.89. The molecule has 3 heterocycles. The number of benzene rings is 1. The Morgan fingerprint density at radius 1 is 1.25 bits per heavy atom. The van der Waals surface area contributed by atoms with Crippen molar-refractivity contribution in [2.75, 3.05) is 26.8 Å². The average molecular weight is 404 g/mol. The van der Waals surface area contributed by atoms with Gasteiger partial charge in [0.25, 0.3) is 5.91 Å². The fraction of sp³-hybridized carbons (Fsp3) is 0.450. The van der Waals surface area contributed by atoms with Gasteiger partial charge in [0, 0.05) is 39.0 Å². The maximum Gasteiger partial charge on any atom is 0.270 e. The lowest BCUT2D eigenvalue weighted by Crippen LogP contribution is -2.38. The van der Waals surface area contributed by atoms with E-state index in [1.54, 1.807) is 46.8 Å². The molecule has 0 aliphatic carbocycles. The molecule has 1 amide bonds. The van der Waals surface area contributed by atoms with E-state index in [-0.39, 0.29) is 11.9 Å². The van der Waals surface area contributed by atoms with Crippen LogP contribution in [0.15, 0.2) is 41.4 Å². The van der Waals surface area contributed by atoms with Gasteiger partial charge in [-0.1, -0.05) is 6.07 Å². The number of aromatic amines is 1. The van der Waals surface area contributed by atoms with Gasteiger partial charge < -0.3 is 14.6 Å². The lowest BCUT2D eigenvalue weighted by molar-refractivity contribution is 0.0729. The largest absolute Gasteiger partial charge is 0.383 e. The van der Waals surface area contributed by atoms with E-state index >= 15 is 0 Å². The molecule has 1 aromatic heterocycles. The van der Waals surface area contributed by atoms with E-state index in [9.17, 15) is 13.2 Å². The number of hydrogen-bond acceptors (Lipinski definition) is 4. The smallest absolute Gasteiger partial charge is 0.270 e.